The quantitative estimate of drug-likeness (QED) is 0.273. The smallest absolute Gasteiger partial charge is 0.0932 e. The first-order chi connectivity index (χ1) is 11.7. The number of nitrogens with zero attached hydrogens (tertiary/aromatic N) is 3. The number of aliphatic imine (C=N–C) groups is 1. The lowest BCUT2D eigenvalue weighted by Gasteiger charge is -2.06. The van der Waals surface area contributed by atoms with Gasteiger partial charge in [0.15, 0.2) is 0 Å². The summed E-state index contributed by atoms with van der Waals surface area (Å²) in [6.07, 6.45) is 3.51. The van der Waals surface area contributed by atoms with Crippen LogP contribution >= 0.6 is 60.7 Å². The summed E-state index contributed by atoms with van der Waals surface area (Å²) in [5, 5.41) is 3.37. The summed E-state index contributed by atoms with van der Waals surface area (Å²) < 4.78 is 0. The van der Waals surface area contributed by atoms with Gasteiger partial charge >= 0.3 is 0 Å². The summed E-state index contributed by atoms with van der Waals surface area (Å²) in [5.41, 5.74) is 4.61. The molecule has 2 aromatic heterocycles. The van der Waals surface area contributed by atoms with Crippen molar-refractivity contribution in [2.45, 2.75) is 32.3 Å². The van der Waals surface area contributed by atoms with Crippen LogP contribution in [0.2, 0.25) is 0 Å². The van der Waals surface area contributed by atoms with E-state index in [0.29, 0.717) is 0 Å². The highest BCUT2D eigenvalue weighted by Crippen LogP contribution is 2.12. The average molecular weight is 476 g/mol. The van der Waals surface area contributed by atoms with E-state index in [-0.39, 0.29) is 37.2 Å². The van der Waals surface area contributed by atoms with Crippen LogP contribution in [0.3, 0.4) is 0 Å². The van der Waals surface area contributed by atoms with Crippen molar-refractivity contribution >= 4 is 66.6 Å². The third-order valence-corrected chi connectivity index (χ3v) is 5.48. The van der Waals surface area contributed by atoms with E-state index in [1.54, 1.807) is 12.7 Å². The number of halogens is 3. The minimum absolute atomic E-state index is 0. The van der Waals surface area contributed by atoms with Gasteiger partial charge in [-0.05, 0) is 20.8 Å². The minimum atomic E-state index is 0. The van der Waals surface area contributed by atoms with Crippen LogP contribution in [0.4, 0.5) is 0 Å². The Balaban J connectivity index is 0. The fourth-order valence-corrected chi connectivity index (χ4v) is 3.77. The lowest BCUT2D eigenvalue weighted by molar-refractivity contribution is 0.951. The first-order valence-electron chi connectivity index (χ1n) is 8.05. The zero-order valence-corrected chi connectivity index (χ0v) is 19.9. The third kappa shape index (κ3) is 11.1. The van der Waals surface area contributed by atoms with Gasteiger partial charge in [-0.25, -0.2) is 9.97 Å². The number of hydrogen-bond donors (Lipinski definition) is 3. The summed E-state index contributed by atoms with van der Waals surface area (Å²) in [7, 11) is 0. The van der Waals surface area contributed by atoms with E-state index in [1.807, 2.05) is 30.4 Å². The van der Waals surface area contributed by atoms with Crippen LogP contribution < -0.4 is 5.32 Å². The van der Waals surface area contributed by atoms with Crippen molar-refractivity contribution in [2.24, 2.45) is 4.99 Å². The second kappa shape index (κ2) is 16.4. The molecule has 0 saturated carbocycles. The van der Waals surface area contributed by atoms with Crippen molar-refractivity contribution in [3.63, 3.8) is 0 Å². The molecule has 0 saturated heterocycles. The number of rotatable bonds is 10. The molecule has 0 spiro atoms. The van der Waals surface area contributed by atoms with E-state index >= 15 is 0 Å². The summed E-state index contributed by atoms with van der Waals surface area (Å²) >= 11 is 3.75. The van der Waals surface area contributed by atoms with Crippen LogP contribution in [0.1, 0.15) is 29.7 Å². The first-order valence-corrected chi connectivity index (χ1v) is 10.4. The highest BCUT2D eigenvalue weighted by molar-refractivity contribution is 7.98. The Morgan fingerprint density at radius 1 is 0.963 bits per heavy atom. The molecule has 2 aromatic rings. The number of aryl methyl sites for hydroxylation is 2. The molecular weight excluding hydrogens is 447 g/mol. The Labute approximate surface area is 188 Å². The van der Waals surface area contributed by atoms with Gasteiger partial charge in [0.2, 0.25) is 0 Å². The van der Waals surface area contributed by atoms with Gasteiger partial charge in [-0.3, -0.25) is 4.99 Å². The second-order valence-electron chi connectivity index (χ2n) is 5.45. The molecule has 156 valence electrons. The molecule has 0 radical (unpaired) electrons. The van der Waals surface area contributed by atoms with Crippen LogP contribution in [0.25, 0.3) is 0 Å². The SMILES string of the molecule is CC(=NCCSCc1nc[nH]c1C)NCCSCc1nc[nH]c1C.Cl.Cl.Cl. The maximum Gasteiger partial charge on any atom is 0.0932 e. The molecule has 6 nitrogen and oxygen atoms in total. The van der Waals surface area contributed by atoms with E-state index in [1.165, 1.54) is 0 Å². The summed E-state index contributed by atoms with van der Waals surface area (Å²) in [6, 6.07) is 0. The van der Waals surface area contributed by atoms with Crippen LogP contribution in [0.5, 0.6) is 0 Å². The molecule has 11 heteroatoms. The fraction of sp³-hybridized carbons (Fsp3) is 0.562. The maximum atomic E-state index is 4.56. The first kappa shape index (κ1) is 28.7. The van der Waals surface area contributed by atoms with Crippen molar-refractivity contribution in [2.75, 3.05) is 24.6 Å². The van der Waals surface area contributed by atoms with E-state index in [4.69, 9.17) is 0 Å². The van der Waals surface area contributed by atoms with Gasteiger partial charge in [-0.1, -0.05) is 0 Å². The van der Waals surface area contributed by atoms with Gasteiger partial charge in [0.05, 0.1) is 29.9 Å². The highest BCUT2D eigenvalue weighted by atomic mass is 35.5. The molecule has 0 aliphatic rings. The summed E-state index contributed by atoms with van der Waals surface area (Å²) in [6.45, 7) is 7.92. The topological polar surface area (TPSA) is 81.8 Å². The number of thioether (sulfide) groups is 2. The predicted molar refractivity (Wildman–Crippen MR) is 127 cm³/mol. The van der Waals surface area contributed by atoms with Crippen molar-refractivity contribution in [1.82, 2.24) is 25.3 Å². The molecule has 2 rings (SSSR count). The average Bonchev–Trinajstić information content (AvgIpc) is 3.15. The molecule has 27 heavy (non-hydrogen) atoms. The van der Waals surface area contributed by atoms with Crippen LogP contribution in [0.15, 0.2) is 17.6 Å². The Morgan fingerprint density at radius 2 is 1.48 bits per heavy atom. The summed E-state index contributed by atoms with van der Waals surface area (Å²) in [4.78, 5) is 19.4. The molecule has 0 aromatic carbocycles. The van der Waals surface area contributed by atoms with Crippen LogP contribution in [-0.2, 0) is 11.5 Å². The second-order valence-corrected chi connectivity index (χ2v) is 7.66. The number of hydrogen-bond acceptors (Lipinski definition) is 5. The number of nitrogens with one attached hydrogen (secondary N) is 3. The van der Waals surface area contributed by atoms with Gasteiger partial charge in [-0.2, -0.15) is 23.5 Å². The molecule has 0 bridgehead atoms. The monoisotopic (exact) mass is 474 g/mol. The lowest BCUT2D eigenvalue weighted by atomic mass is 10.4. The molecule has 2 heterocycles. The fourth-order valence-electron chi connectivity index (χ4n) is 2.04. The third-order valence-electron chi connectivity index (χ3n) is 3.56. The Hall–Kier alpha value is -0.540. The summed E-state index contributed by atoms with van der Waals surface area (Å²) in [5.74, 6) is 4.98. The maximum absolute atomic E-state index is 4.56. The number of amidine groups is 1. The lowest BCUT2D eigenvalue weighted by Crippen LogP contribution is -2.23. The number of aromatic amines is 2. The number of aromatic nitrogens is 4. The van der Waals surface area contributed by atoms with Crippen molar-refractivity contribution in [3.8, 4) is 0 Å². The van der Waals surface area contributed by atoms with Gasteiger partial charge < -0.3 is 15.3 Å². The minimum Gasteiger partial charge on any atom is -0.373 e. The highest BCUT2D eigenvalue weighted by Gasteiger charge is 2.01. The normalized spacial score (nSPS) is 10.6. The molecule has 0 aliphatic carbocycles. The van der Waals surface area contributed by atoms with Gasteiger partial charge in [0.1, 0.15) is 0 Å². The molecule has 0 aliphatic heterocycles. The van der Waals surface area contributed by atoms with E-state index in [2.05, 4.69) is 44.1 Å². The van der Waals surface area contributed by atoms with E-state index in [9.17, 15) is 0 Å². The van der Waals surface area contributed by atoms with Crippen molar-refractivity contribution < 1.29 is 0 Å². The van der Waals surface area contributed by atoms with Gasteiger partial charge in [-0.15, -0.1) is 37.2 Å². The van der Waals surface area contributed by atoms with Crippen LogP contribution in [0, 0.1) is 13.8 Å². The molecular formula is C16H29Cl3N6S2. The van der Waals surface area contributed by atoms with E-state index < -0.39 is 0 Å². The van der Waals surface area contributed by atoms with Gasteiger partial charge in [0, 0.05) is 47.5 Å². The Morgan fingerprint density at radius 3 is 1.96 bits per heavy atom. The zero-order chi connectivity index (χ0) is 17.2. The molecule has 0 atom stereocenters. The van der Waals surface area contributed by atoms with Crippen molar-refractivity contribution in [3.05, 3.63) is 35.4 Å². The van der Waals surface area contributed by atoms with E-state index in [0.717, 1.165) is 64.7 Å². The Kier molecular flexibility index (Phi) is 17.4. The van der Waals surface area contributed by atoms with Gasteiger partial charge in [0.25, 0.3) is 0 Å². The largest absolute Gasteiger partial charge is 0.373 e. The molecule has 3 N–H and O–H groups in total. The number of H-pyrrole nitrogens is 2. The predicted octanol–water partition coefficient (Wildman–Crippen LogP) is 4.19. The molecule has 0 amide bonds. The number of imidazole rings is 2. The van der Waals surface area contributed by atoms with Crippen molar-refractivity contribution in [1.29, 1.82) is 0 Å². The molecule has 0 unspecified atom stereocenters. The van der Waals surface area contributed by atoms with Crippen LogP contribution in [-0.4, -0.2) is 50.4 Å². The molecule has 0 fully saturated rings. The zero-order valence-electron chi connectivity index (χ0n) is 15.8. The Bertz CT molecular complexity index is 648. The standard InChI is InChI=1S/C16H26N6S2.3ClH/c1-12-15(21-10-19-12)8-23-6-4-17-14(3)18-5-7-24-9-16-13(2)20-11-22-16;;;/h10-11H,4-9H2,1-3H3,(H,17,18)(H,19,21)(H,20,22);3*1H.